The SMILES string of the molecule is COc1ccc(C=CC(=O)c2ccc(Cl)c(Cl)c2)cc1. The normalized spacial score (nSPS) is 10.8. The molecule has 0 atom stereocenters. The van der Waals surface area contributed by atoms with E-state index in [0.717, 1.165) is 11.3 Å². The summed E-state index contributed by atoms with van der Waals surface area (Å²) in [6.07, 6.45) is 3.24. The number of rotatable bonds is 4. The molecule has 0 fully saturated rings. The minimum atomic E-state index is -0.126. The van der Waals surface area contributed by atoms with Crippen LogP contribution in [0.4, 0.5) is 0 Å². The van der Waals surface area contributed by atoms with Gasteiger partial charge in [-0.05, 0) is 42.0 Å². The smallest absolute Gasteiger partial charge is 0.185 e. The minimum Gasteiger partial charge on any atom is -0.497 e. The number of hydrogen-bond donors (Lipinski definition) is 0. The third-order valence-electron chi connectivity index (χ3n) is 2.75. The Bertz CT molecular complexity index is 646. The Morgan fingerprint density at radius 2 is 1.75 bits per heavy atom. The highest BCUT2D eigenvalue weighted by molar-refractivity contribution is 6.42. The van der Waals surface area contributed by atoms with Crippen LogP contribution < -0.4 is 4.74 Å². The van der Waals surface area contributed by atoms with Gasteiger partial charge in [-0.25, -0.2) is 0 Å². The van der Waals surface area contributed by atoms with Crippen LogP contribution in [0.2, 0.25) is 10.0 Å². The quantitative estimate of drug-likeness (QED) is 0.593. The standard InChI is InChI=1S/C16H12Cl2O2/c1-20-13-6-2-11(3-7-13)4-9-16(19)12-5-8-14(17)15(18)10-12/h2-10H,1H3. The molecule has 0 aromatic heterocycles. The molecule has 4 heteroatoms. The summed E-state index contributed by atoms with van der Waals surface area (Å²) >= 11 is 11.7. The number of allylic oxidation sites excluding steroid dienone is 1. The molecule has 0 heterocycles. The molecule has 102 valence electrons. The molecule has 0 radical (unpaired) electrons. The van der Waals surface area contributed by atoms with Crippen LogP contribution in [-0.4, -0.2) is 12.9 Å². The first-order valence-electron chi connectivity index (χ1n) is 5.91. The average Bonchev–Trinajstić information content (AvgIpc) is 2.48. The molecule has 0 N–H and O–H groups in total. The fraction of sp³-hybridized carbons (Fsp3) is 0.0625. The van der Waals surface area contributed by atoms with Crippen LogP contribution in [-0.2, 0) is 0 Å². The second-order valence-electron chi connectivity index (χ2n) is 4.10. The Labute approximate surface area is 127 Å². The molecule has 0 saturated carbocycles. The number of hydrogen-bond acceptors (Lipinski definition) is 2. The van der Waals surface area contributed by atoms with E-state index in [-0.39, 0.29) is 5.78 Å². The fourth-order valence-electron chi connectivity index (χ4n) is 1.63. The maximum absolute atomic E-state index is 12.0. The number of ketones is 1. The summed E-state index contributed by atoms with van der Waals surface area (Å²) in [6, 6.07) is 12.2. The van der Waals surface area contributed by atoms with Crippen LogP contribution >= 0.6 is 23.2 Å². The maximum Gasteiger partial charge on any atom is 0.185 e. The van der Waals surface area contributed by atoms with Gasteiger partial charge < -0.3 is 4.74 Å². The molecule has 0 bridgehead atoms. The topological polar surface area (TPSA) is 26.3 Å². The van der Waals surface area contributed by atoms with Crippen molar-refractivity contribution < 1.29 is 9.53 Å². The second-order valence-corrected chi connectivity index (χ2v) is 4.91. The summed E-state index contributed by atoms with van der Waals surface area (Å²) in [5, 5.41) is 0.803. The molecule has 0 amide bonds. The van der Waals surface area contributed by atoms with Crippen molar-refractivity contribution in [1.82, 2.24) is 0 Å². The van der Waals surface area contributed by atoms with Gasteiger partial charge in [-0.1, -0.05) is 41.4 Å². The van der Waals surface area contributed by atoms with Gasteiger partial charge in [-0.2, -0.15) is 0 Å². The third-order valence-corrected chi connectivity index (χ3v) is 3.49. The average molecular weight is 307 g/mol. The van der Waals surface area contributed by atoms with Crippen LogP contribution in [0.25, 0.3) is 6.08 Å². The number of benzene rings is 2. The van der Waals surface area contributed by atoms with E-state index in [1.807, 2.05) is 24.3 Å². The van der Waals surface area contributed by atoms with Crippen LogP contribution in [0.5, 0.6) is 5.75 Å². The minimum absolute atomic E-state index is 0.126. The zero-order valence-corrected chi connectivity index (χ0v) is 12.3. The highest BCUT2D eigenvalue weighted by atomic mass is 35.5. The first-order chi connectivity index (χ1) is 9.60. The first kappa shape index (κ1) is 14.6. The van der Waals surface area contributed by atoms with Crippen molar-refractivity contribution in [2.75, 3.05) is 7.11 Å². The first-order valence-corrected chi connectivity index (χ1v) is 6.67. The van der Waals surface area contributed by atoms with E-state index in [4.69, 9.17) is 27.9 Å². The summed E-state index contributed by atoms with van der Waals surface area (Å²) in [7, 11) is 1.61. The Morgan fingerprint density at radius 1 is 1.05 bits per heavy atom. The van der Waals surface area contributed by atoms with Gasteiger partial charge >= 0.3 is 0 Å². The summed E-state index contributed by atoms with van der Waals surface area (Å²) in [4.78, 5) is 12.0. The summed E-state index contributed by atoms with van der Waals surface area (Å²) in [6.45, 7) is 0. The van der Waals surface area contributed by atoms with E-state index in [0.29, 0.717) is 15.6 Å². The lowest BCUT2D eigenvalue weighted by Crippen LogP contribution is -1.93. The Hall–Kier alpha value is -1.77. The zero-order chi connectivity index (χ0) is 14.5. The van der Waals surface area contributed by atoms with Crippen molar-refractivity contribution in [1.29, 1.82) is 0 Å². The molecule has 2 nitrogen and oxygen atoms in total. The lowest BCUT2D eigenvalue weighted by molar-refractivity contribution is 0.104. The van der Waals surface area contributed by atoms with Crippen LogP contribution in [0.3, 0.4) is 0 Å². The molecule has 0 aliphatic heterocycles. The molecule has 2 aromatic rings. The molecule has 0 spiro atoms. The van der Waals surface area contributed by atoms with Crippen LogP contribution in [0.15, 0.2) is 48.5 Å². The highest BCUT2D eigenvalue weighted by Crippen LogP contribution is 2.23. The van der Waals surface area contributed by atoms with Gasteiger partial charge in [0.2, 0.25) is 0 Å². The van der Waals surface area contributed by atoms with Gasteiger partial charge in [-0.15, -0.1) is 0 Å². The second kappa shape index (κ2) is 6.60. The highest BCUT2D eigenvalue weighted by Gasteiger charge is 2.05. The van der Waals surface area contributed by atoms with Crippen LogP contribution in [0, 0.1) is 0 Å². The van der Waals surface area contributed by atoms with Gasteiger partial charge in [0.25, 0.3) is 0 Å². The van der Waals surface area contributed by atoms with E-state index >= 15 is 0 Å². The van der Waals surface area contributed by atoms with Crippen molar-refractivity contribution >= 4 is 35.1 Å². The molecule has 20 heavy (non-hydrogen) atoms. The van der Waals surface area contributed by atoms with E-state index in [1.54, 1.807) is 31.4 Å². The summed E-state index contributed by atoms with van der Waals surface area (Å²) in [5.41, 5.74) is 1.42. The number of carbonyl (C=O) groups excluding carboxylic acids is 1. The van der Waals surface area contributed by atoms with E-state index in [1.165, 1.54) is 6.08 Å². The van der Waals surface area contributed by atoms with E-state index in [2.05, 4.69) is 0 Å². The van der Waals surface area contributed by atoms with Crippen molar-refractivity contribution in [2.45, 2.75) is 0 Å². The number of halogens is 2. The fourth-order valence-corrected chi connectivity index (χ4v) is 1.93. The molecular weight excluding hydrogens is 295 g/mol. The molecule has 2 aromatic carbocycles. The predicted octanol–water partition coefficient (Wildman–Crippen LogP) is 4.90. The molecule has 2 rings (SSSR count). The summed E-state index contributed by atoms with van der Waals surface area (Å²) < 4.78 is 5.07. The molecule has 0 saturated heterocycles. The Kier molecular flexibility index (Phi) is 4.83. The summed E-state index contributed by atoms with van der Waals surface area (Å²) in [5.74, 6) is 0.650. The number of methoxy groups -OCH3 is 1. The lowest BCUT2D eigenvalue weighted by atomic mass is 10.1. The maximum atomic E-state index is 12.0. The van der Waals surface area contributed by atoms with Crippen molar-refractivity contribution in [2.24, 2.45) is 0 Å². The number of carbonyl (C=O) groups is 1. The molecule has 0 aliphatic rings. The Balaban J connectivity index is 2.13. The van der Waals surface area contributed by atoms with Crippen molar-refractivity contribution in [3.8, 4) is 5.75 Å². The van der Waals surface area contributed by atoms with Crippen LogP contribution in [0.1, 0.15) is 15.9 Å². The van der Waals surface area contributed by atoms with E-state index in [9.17, 15) is 4.79 Å². The monoisotopic (exact) mass is 306 g/mol. The lowest BCUT2D eigenvalue weighted by Gasteiger charge is -2.00. The van der Waals surface area contributed by atoms with Crippen molar-refractivity contribution in [3.05, 3.63) is 69.7 Å². The van der Waals surface area contributed by atoms with E-state index < -0.39 is 0 Å². The van der Waals surface area contributed by atoms with Gasteiger partial charge in [0.1, 0.15) is 5.75 Å². The zero-order valence-electron chi connectivity index (χ0n) is 10.8. The molecule has 0 unspecified atom stereocenters. The predicted molar refractivity (Wildman–Crippen MR) is 82.8 cm³/mol. The van der Waals surface area contributed by atoms with Gasteiger partial charge in [0, 0.05) is 5.56 Å². The van der Waals surface area contributed by atoms with Gasteiger partial charge in [0.15, 0.2) is 5.78 Å². The third kappa shape index (κ3) is 3.62. The largest absolute Gasteiger partial charge is 0.497 e. The van der Waals surface area contributed by atoms with Gasteiger partial charge in [-0.3, -0.25) is 4.79 Å². The molecular formula is C16H12Cl2O2. The van der Waals surface area contributed by atoms with Gasteiger partial charge in [0.05, 0.1) is 17.2 Å². The molecule has 0 aliphatic carbocycles. The Morgan fingerprint density at radius 3 is 2.35 bits per heavy atom. The number of ether oxygens (including phenoxy) is 1. The van der Waals surface area contributed by atoms with Crippen molar-refractivity contribution in [3.63, 3.8) is 0 Å².